The number of ketones is 1. The maximum Gasteiger partial charge on any atom is 0.248 e. The number of carbonyl (C=O) groups is 2. The number of hydrogen-bond acceptors (Lipinski definition) is 7. The number of rotatable bonds is 7. The molecule has 1 aromatic heterocycles. The van der Waals surface area contributed by atoms with Crippen molar-refractivity contribution in [1.82, 2.24) is 9.97 Å². The number of nitrogens with two attached hydrogens (primary N) is 1. The predicted molar refractivity (Wildman–Crippen MR) is 107 cm³/mol. The summed E-state index contributed by atoms with van der Waals surface area (Å²) in [7, 11) is -3.41. The van der Waals surface area contributed by atoms with Crippen LogP contribution in [0.15, 0.2) is 65.8 Å². The summed E-state index contributed by atoms with van der Waals surface area (Å²) in [4.78, 5) is 32.0. The molecule has 0 fully saturated rings. The Bertz CT molecular complexity index is 1160. The second-order valence-electron chi connectivity index (χ2n) is 6.34. The fourth-order valence-corrected chi connectivity index (χ4v) is 3.21. The number of aromatic nitrogens is 2. The van der Waals surface area contributed by atoms with Crippen molar-refractivity contribution in [2.24, 2.45) is 5.73 Å². The molecule has 0 spiro atoms. The Balaban J connectivity index is 1.68. The summed E-state index contributed by atoms with van der Waals surface area (Å²) >= 11 is 0. The zero-order valence-electron chi connectivity index (χ0n) is 15.5. The number of nitrogens with zero attached hydrogens (tertiary/aromatic N) is 2. The standard InChI is InChI=1S/C20H18N4O4S/c1-29(27,28)17-4-2-3-15(9-17)18(25)16-11-23-20(24-12-16)22-10-13-5-7-14(8-6-13)19(21)26/h2-9,11-12H,10H2,1H3,(H2,21,26)(H,22,23,24). The molecule has 3 aromatic rings. The summed E-state index contributed by atoms with van der Waals surface area (Å²) in [6.07, 6.45) is 3.84. The van der Waals surface area contributed by atoms with Crippen LogP contribution in [0, 0.1) is 0 Å². The van der Waals surface area contributed by atoms with Crippen molar-refractivity contribution in [3.05, 3.63) is 83.2 Å². The van der Waals surface area contributed by atoms with Crippen LogP contribution in [-0.4, -0.2) is 36.3 Å². The largest absolute Gasteiger partial charge is 0.366 e. The van der Waals surface area contributed by atoms with E-state index in [4.69, 9.17) is 5.73 Å². The van der Waals surface area contributed by atoms with Gasteiger partial charge in [0.25, 0.3) is 0 Å². The van der Waals surface area contributed by atoms with Crippen LogP contribution in [0.1, 0.15) is 31.8 Å². The SMILES string of the molecule is CS(=O)(=O)c1cccc(C(=O)c2cnc(NCc3ccc(C(N)=O)cc3)nc2)c1. The van der Waals surface area contributed by atoms with Crippen LogP contribution in [0.3, 0.4) is 0 Å². The van der Waals surface area contributed by atoms with Gasteiger partial charge in [-0.2, -0.15) is 0 Å². The Hall–Kier alpha value is -3.59. The molecule has 0 unspecified atom stereocenters. The van der Waals surface area contributed by atoms with Crippen molar-refractivity contribution >= 4 is 27.5 Å². The van der Waals surface area contributed by atoms with Crippen molar-refractivity contribution in [2.45, 2.75) is 11.4 Å². The van der Waals surface area contributed by atoms with E-state index in [1.54, 1.807) is 30.3 Å². The number of primary amides is 1. The molecule has 2 aromatic carbocycles. The van der Waals surface area contributed by atoms with Gasteiger partial charge >= 0.3 is 0 Å². The van der Waals surface area contributed by atoms with Gasteiger partial charge in [-0.15, -0.1) is 0 Å². The van der Waals surface area contributed by atoms with Crippen molar-refractivity contribution < 1.29 is 18.0 Å². The highest BCUT2D eigenvalue weighted by Gasteiger charge is 2.14. The van der Waals surface area contributed by atoms with Gasteiger partial charge in [-0.05, 0) is 29.8 Å². The zero-order valence-corrected chi connectivity index (χ0v) is 16.3. The Morgan fingerprint density at radius 1 is 0.966 bits per heavy atom. The third kappa shape index (κ3) is 5.02. The summed E-state index contributed by atoms with van der Waals surface area (Å²) in [5, 5.41) is 3.02. The highest BCUT2D eigenvalue weighted by molar-refractivity contribution is 7.90. The molecule has 0 atom stereocenters. The first-order valence-corrected chi connectivity index (χ1v) is 10.4. The number of sulfone groups is 1. The van der Waals surface area contributed by atoms with Gasteiger partial charge in [-0.3, -0.25) is 9.59 Å². The van der Waals surface area contributed by atoms with E-state index < -0.39 is 15.7 Å². The third-order valence-corrected chi connectivity index (χ3v) is 5.24. The normalized spacial score (nSPS) is 11.1. The molecule has 1 amide bonds. The van der Waals surface area contributed by atoms with E-state index in [0.29, 0.717) is 18.1 Å². The summed E-state index contributed by atoms with van der Waals surface area (Å²) in [6, 6.07) is 12.6. The topological polar surface area (TPSA) is 132 Å². The van der Waals surface area contributed by atoms with Crippen LogP contribution in [0.2, 0.25) is 0 Å². The number of anilines is 1. The lowest BCUT2D eigenvalue weighted by Gasteiger charge is -2.07. The van der Waals surface area contributed by atoms with Gasteiger partial charge in [-0.25, -0.2) is 18.4 Å². The van der Waals surface area contributed by atoms with Crippen LogP contribution < -0.4 is 11.1 Å². The van der Waals surface area contributed by atoms with Gasteiger partial charge in [0.1, 0.15) is 0 Å². The van der Waals surface area contributed by atoms with E-state index in [1.807, 2.05) is 0 Å². The van der Waals surface area contributed by atoms with Gasteiger partial charge in [0.05, 0.1) is 10.5 Å². The van der Waals surface area contributed by atoms with Gasteiger partial charge in [0.2, 0.25) is 11.9 Å². The lowest BCUT2D eigenvalue weighted by Crippen LogP contribution is -2.11. The monoisotopic (exact) mass is 410 g/mol. The summed E-state index contributed by atoms with van der Waals surface area (Å²) in [5.74, 6) is -0.537. The molecule has 0 saturated heterocycles. The summed E-state index contributed by atoms with van der Waals surface area (Å²) in [6.45, 7) is 0.419. The summed E-state index contributed by atoms with van der Waals surface area (Å²) in [5.41, 5.74) is 7.02. The molecule has 0 aliphatic carbocycles. The van der Waals surface area contributed by atoms with Gasteiger partial charge in [0.15, 0.2) is 15.6 Å². The highest BCUT2D eigenvalue weighted by atomic mass is 32.2. The molecule has 148 valence electrons. The zero-order chi connectivity index (χ0) is 21.0. The molecule has 8 nitrogen and oxygen atoms in total. The number of nitrogens with one attached hydrogen (secondary N) is 1. The maximum absolute atomic E-state index is 12.6. The molecule has 0 saturated carbocycles. The lowest BCUT2D eigenvalue weighted by molar-refractivity contribution is 0.0998. The second-order valence-corrected chi connectivity index (χ2v) is 8.35. The van der Waals surface area contributed by atoms with E-state index >= 15 is 0 Å². The average Bonchev–Trinajstić information content (AvgIpc) is 2.72. The lowest BCUT2D eigenvalue weighted by atomic mass is 10.1. The van der Waals surface area contributed by atoms with Gasteiger partial charge in [0, 0.05) is 36.3 Å². The molecular weight excluding hydrogens is 392 g/mol. The molecule has 0 aliphatic rings. The Labute approximate surface area is 167 Å². The molecule has 1 heterocycles. The molecule has 0 radical (unpaired) electrons. The highest BCUT2D eigenvalue weighted by Crippen LogP contribution is 2.15. The molecular formula is C20H18N4O4S. The van der Waals surface area contributed by atoms with Crippen LogP contribution in [0.5, 0.6) is 0 Å². The van der Waals surface area contributed by atoms with E-state index in [2.05, 4.69) is 15.3 Å². The van der Waals surface area contributed by atoms with Gasteiger partial charge in [-0.1, -0.05) is 24.3 Å². The Morgan fingerprint density at radius 3 is 2.21 bits per heavy atom. The number of hydrogen-bond donors (Lipinski definition) is 2. The second kappa shape index (κ2) is 8.19. The first-order valence-electron chi connectivity index (χ1n) is 8.53. The number of benzene rings is 2. The van der Waals surface area contributed by atoms with Crippen LogP contribution in [0.4, 0.5) is 5.95 Å². The van der Waals surface area contributed by atoms with Crippen LogP contribution >= 0.6 is 0 Å². The van der Waals surface area contributed by atoms with Crippen molar-refractivity contribution in [3.63, 3.8) is 0 Å². The molecule has 3 N–H and O–H groups in total. The molecule has 0 aliphatic heterocycles. The van der Waals surface area contributed by atoms with Crippen molar-refractivity contribution in [1.29, 1.82) is 0 Å². The predicted octanol–water partition coefficient (Wildman–Crippen LogP) is 1.82. The molecule has 9 heteroatoms. The number of amides is 1. The van der Waals surface area contributed by atoms with Crippen molar-refractivity contribution in [3.8, 4) is 0 Å². The van der Waals surface area contributed by atoms with Gasteiger partial charge < -0.3 is 11.1 Å². The van der Waals surface area contributed by atoms with Crippen LogP contribution in [-0.2, 0) is 16.4 Å². The minimum absolute atomic E-state index is 0.0740. The minimum Gasteiger partial charge on any atom is -0.366 e. The van der Waals surface area contributed by atoms with Crippen LogP contribution in [0.25, 0.3) is 0 Å². The van der Waals surface area contributed by atoms with E-state index in [-0.39, 0.29) is 21.8 Å². The smallest absolute Gasteiger partial charge is 0.248 e. The number of carbonyl (C=O) groups excluding carboxylic acids is 2. The molecule has 0 bridgehead atoms. The third-order valence-electron chi connectivity index (χ3n) is 4.13. The van der Waals surface area contributed by atoms with E-state index in [1.165, 1.54) is 30.6 Å². The molecule has 3 rings (SSSR count). The van der Waals surface area contributed by atoms with E-state index in [0.717, 1.165) is 11.8 Å². The minimum atomic E-state index is -3.41. The fraction of sp³-hybridized carbons (Fsp3) is 0.100. The van der Waals surface area contributed by atoms with Crippen molar-refractivity contribution in [2.75, 3.05) is 11.6 Å². The Kier molecular flexibility index (Phi) is 5.69. The summed E-state index contributed by atoms with van der Waals surface area (Å²) < 4.78 is 23.3. The first kappa shape index (κ1) is 20.2. The average molecular weight is 410 g/mol. The fourth-order valence-electron chi connectivity index (χ4n) is 2.54. The quantitative estimate of drug-likeness (QED) is 0.568. The Morgan fingerprint density at radius 2 is 1.62 bits per heavy atom. The first-order chi connectivity index (χ1) is 13.7. The maximum atomic E-state index is 12.6. The molecule has 29 heavy (non-hydrogen) atoms. The van der Waals surface area contributed by atoms with E-state index in [9.17, 15) is 18.0 Å².